The molecule has 2 aromatic rings. The Balaban J connectivity index is 1.52. The second-order valence-corrected chi connectivity index (χ2v) is 15.8. The molecule has 12 nitrogen and oxygen atoms in total. The maximum Gasteiger partial charge on any atom is 0.330 e. The van der Waals surface area contributed by atoms with Gasteiger partial charge in [0, 0.05) is 18.6 Å². The molecule has 0 saturated carbocycles. The molecule has 3 atom stereocenters. The lowest BCUT2D eigenvalue weighted by atomic mass is 9.85. The molecule has 0 spiro atoms. The van der Waals surface area contributed by atoms with Crippen LogP contribution in [0.2, 0.25) is 0 Å². The Morgan fingerprint density at radius 3 is 1.94 bits per heavy atom. The molecule has 2 N–H and O–H groups in total. The molecule has 3 unspecified atom stereocenters. The maximum atomic E-state index is 13.9. The van der Waals surface area contributed by atoms with E-state index in [1.54, 1.807) is 51.1 Å². The van der Waals surface area contributed by atoms with Gasteiger partial charge < -0.3 is 14.8 Å². The summed E-state index contributed by atoms with van der Waals surface area (Å²) >= 11 is -1.81. The van der Waals surface area contributed by atoms with Gasteiger partial charge in [0.1, 0.15) is 5.75 Å². The minimum absolute atomic E-state index is 0.0330. The van der Waals surface area contributed by atoms with Crippen LogP contribution < -0.4 is 14.8 Å². The van der Waals surface area contributed by atoms with Crippen molar-refractivity contribution in [2.45, 2.75) is 136 Å². The van der Waals surface area contributed by atoms with E-state index in [-0.39, 0.29) is 18.0 Å². The summed E-state index contributed by atoms with van der Waals surface area (Å²) in [6.45, 7) is 7.47. The van der Waals surface area contributed by atoms with Gasteiger partial charge in [-0.15, -0.1) is 0 Å². The zero-order chi connectivity index (χ0) is 39.5. The van der Waals surface area contributed by atoms with Gasteiger partial charge in [0.15, 0.2) is 11.8 Å². The van der Waals surface area contributed by atoms with Crippen molar-refractivity contribution < 1.29 is 37.0 Å². The number of hydrogen-bond acceptors (Lipinski definition) is 8. The highest BCUT2D eigenvalue weighted by atomic mass is 32.2. The van der Waals surface area contributed by atoms with Crippen LogP contribution in [0.3, 0.4) is 0 Å². The molecule has 1 fully saturated rings. The lowest BCUT2D eigenvalue weighted by Crippen LogP contribution is -2.55. The molecule has 1 heterocycles. The Labute approximate surface area is 324 Å². The number of unbranched alkanes of at least 4 members (excludes halogenated alkanes) is 13. The highest BCUT2D eigenvalue weighted by Gasteiger charge is 2.54. The quantitative estimate of drug-likeness (QED) is 0.0551. The molecule has 1 aliphatic heterocycles. The summed E-state index contributed by atoms with van der Waals surface area (Å²) in [4.78, 5) is 56.9. The fraction of sp³-hybridized carbons (Fsp3) is 0.610. The second kappa shape index (κ2) is 23.2. The van der Waals surface area contributed by atoms with Crippen molar-refractivity contribution in [3.8, 4) is 5.75 Å². The first-order valence-electron chi connectivity index (χ1n) is 19.5. The minimum Gasteiger partial charge on any atom is -0.494 e. The molecule has 2 aromatic carbocycles. The topological polar surface area (TPSA) is 144 Å². The van der Waals surface area contributed by atoms with Gasteiger partial charge in [0.2, 0.25) is 6.23 Å². The zero-order valence-electron chi connectivity index (χ0n) is 33.2. The third-order valence-corrected chi connectivity index (χ3v) is 10.2. The Morgan fingerprint density at radius 1 is 0.833 bits per heavy atom. The van der Waals surface area contributed by atoms with Gasteiger partial charge in [-0.1, -0.05) is 141 Å². The first kappa shape index (κ1) is 44.6. The van der Waals surface area contributed by atoms with Gasteiger partial charge in [-0.3, -0.25) is 28.2 Å². The van der Waals surface area contributed by atoms with Crippen LogP contribution in [-0.2, 0) is 41.1 Å². The summed E-state index contributed by atoms with van der Waals surface area (Å²) in [5.74, 6) is -2.16. The Hall–Kier alpha value is -3.81. The third kappa shape index (κ3) is 13.8. The zero-order valence-corrected chi connectivity index (χ0v) is 34.0. The molecule has 300 valence electrons. The van der Waals surface area contributed by atoms with E-state index in [0.717, 1.165) is 24.8 Å². The van der Waals surface area contributed by atoms with E-state index in [9.17, 15) is 23.4 Å². The number of carbonyl (C=O) groups excluding carboxylic acids is 4. The second-order valence-electron chi connectivity index (χ2n) is 14.9. The van der Waals surface area contributed by atoms with Gasteiger partial charge in [-0.25, -0.2) is 13.9 Å². The number of ketones is 1. The highest BCUT2D eigenvalue weighted by molar-refractivity contribution is 7.81. The molecular weight excluding hydrogens is 709 g/mol. The number of anilines is 2. The number of carbonyl (C=O) groups is 4. The SMILES string of the molecule is CCCCCCCCCCCCCCCCOS(=O)Nc1ccc(NC(=O)C(C(=O)C(C)(C)C)N2C(=O)C(OC)N(Cc3ccccc3)C2=O)c(OC)c1. The van der Waals surface area contributed by atoms with Gasteiger partial charge in [-0.05, 0) is 24.1 Å². The molecule has 1 aliphatic rings. The predicted octanol–water partition coefficient (Wildman–Crippen LogP) is 8.54. The summed E-state index contributed by atoms with van der Waals surface area (Å²) in [7, 11) is 2.69. The van der Waals surface area contributed by atoms with E-state index in [1.807, 2.05) is 6.07 Å². The molecule has 1 saturated heterocycles. The fourth-order valence-electron chi connectivity index (χ4n) is 6.36. The lowest BCUT2D eigenvalue weighted by molar-refractivity contribution is -0.148. The number of hydrogen-bond donors (Lipinski definition) is 2. The van der Waals surface area contributed by atoms with E-state index < -0.39 is 52.6 Å². The summed E-state index contributed by atoms with van der Waals surface area (Å²) in [5.41, 5.74) is 0.241. The van der Waals surface area contributed by atoms with Crippen LogP contribution in [0, 0.1) is 5.41 Å². The monoisotopic (exact) mass is 770 g/mol. The number of benzene rings is 2. The average molecular weight is 771 g/mol. The van der Waals surface area contributed by atoms with Crippen molar-refractivity contribution in [1.29, 1.82) is 0 Å². The Kier molecular flexibility index (Phi) is 19.1. The largest absolute Gasteiger partial charge is 0.494 e. The van der Waals surface area contributed by atoms with Gasteiger partial charge >= 0.3 is 6.03 Å². The molecule has 13 heteroatoms. The van der Waals surface area contributed by atoms with Crippen LogP contribution in [-0.4, -0.2) is 70.7 Å². The van der Waals surface area contributed by atoms with Crippen LogP contribution in [0.4, 0.5) is 16.2 Å². The van der Waals surface area contributed by atoms with Crippen molar-refractivity contribution in [2.75, 3.05) is 30.9 Å². The van der Waals surface area contributed by atoms with Crippen LogP contribution >= 0.6 is 0 Å². The summed E-state index contributed by atoms with van der Waals surface area (Å²) in [5, 5.41) is 2.67. The molecular formula is C41H62N4O8S. The smallest absolute Gasteiger partial charge is 0.330 e. The number of ether oxygens (including phenoxy) is 2. The van der Waals surface area contributed by atoms with Crippen molar-refractivity contribution in [3.05, 3.63) is 54.1 Å². The standard InChI is InChI=1S/C41H62N4O8S/c1-7-8-9-10-11-12-13-14-15-16-17-18-19-23-28-53-54(50)43-32-26-27-33(34(29-32)51-5)42-37(47)35(36(46)41(2,3)4)45-38(48)39(52-6)44(40(45)49)30-31-24-21-20-22-25-31/h20-22,24-27,29,35,39,43H,7-19,23,28,30H2,1-6H3,(H,42,47). The Morgan fingerprint density at radius 2 is 1.41 bits per heavy atom. The molecule has 0 aromatic heterocycles. The van der Waals surface area contributed by atoms with Crippen molar-refractivity contribution in [3.63, 3.8) is 0 Å². The molecule has 0 bridgehead atoms. The van der Waals surface area contributed by atoms with E-state index >= 15 is 0 Å². The lowest BCUT2D eigenvalue weighted by Gasteiger charge is -2.29. The number of urea groups is 1. The fourth-order valence-corrected chi connectivity index (χ4v) is 7.01. The van der Waals surface area contributed by atoms with Crippen LogP contribution in [0.5, 0.6) is 5.75 Å². The van der Waals surface area contributed by atoms with Gasteiger partial charge in [0.05, 0.1) is 31.6 Å². The number of nitrogens with one attached hydrogen (secondary N) is 2. The first-order valence-corrected chi connectivity index (χ1v) is 20.6. The molecule has 0 radical (unpaired) electrons. The number of amides is 4. The predicted molar refractivity (Wildman–Crippen MR) is 213 cm³/mol. The maximum absolute atomic E-state index is 13.9. The number of rotatable bonds is 26. The average Bonchev–Trinajstić information content (AvgIpc) is 3.37. The van der Waals surface area contributed by atoms with Crippen molar-refractivity contribution in [1.82, 2.24) is 9.80 Å². The number of Topliss-reactive ketones (excluding diaryl/α,β-unsaturated/α-hetero) is 1. The normalized spacial score (nSPS) is 15.7. The minimum atomic E-state index is -1.81. The van der Waals surface area contributed by atoms with Gasteiger partial charge in [-0.2, -0.15) is 0 Å². The van der Waals surface area contributed by atoms with Gasteiger partial charge in [0.25, 0.3) is 23.1 Å². The van der Waals surface area contributed by atoms with Crippen LogP contribution in [0.25, 0.3) is 0 Å². The summed E-state index contributed by atoms with van der Waals surface area (Å²) < 4.78 is 31.8. The van der Waals surface area contributed by atoms with Crippen LogP contribution in [0.15, 0.2) is 48.5 Å². The van der Waals surface area contributed by atoms with E-state index in [1.165, 1.54) is 102 Å². The Bertz CT molecular complexity index is 1520. The highest BCUT2D eigenvalue weighted by Crippen LogP contribution is 2.32. The van der Waals surface area contributed by atoms with E-state index in [4.69, 9.17) is 13.7 Å². The molecule has 54 heavy (non-hydrogen) atoms. The number of methoxy groups -OCH3 is 2. The van der Waals surface area contributed by atoms with E-state index in [2.05, 4.69) is 17.0 Å². The summed E-state index contributed by atoms with van der Waals surface area (Å²) in [6, 6.07) is 11.0. The molecule has 4 amide bonds. The van der Waals surface area contributed by atoms with Crippen molar-refractivity contribution >= 4 is 46.3 Å². The molecule has 3 rings (SSSR count). The molecule has 0 aliphatic carbocycles. The third-order valence-electron chi connectivity index (χ3n) is 9.45. The van der Waals surface area contributed by atoms with Crippen LogP contribution in [0.1, 0.15) is 123 Å². The van der Waals surface area contributed by atoms with Crippen molar-refractivity contribution in [2.24, 2.45) is 5.41 Å². The first-order chi connectivity index (χ1) is 25.9. The number of nitrogens with zero attached hydrogens (tertiary/aromatic N) is 2. The summed E-state index contributed by atoms with van der Waals surface area (Å²) in [6.07, 6.45) is 16.2. The van der Waals surface area contributed by atoms with E-state index in [0.29, 0.717) is 17.2 Å². The number of imide groups is 1.